The van der Waals surface area contributed by atoms with Gasteiger partial charge in [-0.15, -0.1) is 12.4 Å². The zero-order chi connectivity index (χ0) is 16.0. The summed E-state index contributed by atoms with van der Waals surface area (Å²) in [7, 11) is 0. The smallest absolute Gasteiger partial charge is 0.227 e. The SMILES string of the molecule is CCCN(CCC)C(=O)CCc1nc(C2(N)CCCC2)no1.Cl. The minimum atomic E-state index is -0.428. The third kappa shape index (κ3) is 5.18. The van der Waals surface area contributed by atoms with Crippen molar-refractivity contribution in [2.75, 3.05) is 13.1 Å². The molecule has 0 aliphatic heterocycles. The number of nitrogens with two attached hydrogens (primary N) is 1. The van der Waals surface area contributed by atoms with Gasteiger partial charge in [-0.05, 0) is 25.7 Å². The van der Waals surface area contributed by atoms with Gasteiger partial charge in [0, 0.05) is 25.9 Å². The summed E-state index contributed by atoms with van der Waals surface area (Å²) in [6.45, 7) is 5.80. The summed E-state index contributed by atoms with van der Waals surface area (Å²) in [4.78, 5) is 18.6. The molecule has 1 aromatic heterocycles. The van der Waals surface area contributed by atoms with E-state index in [9.17, 15) is 4.79 Å². The minimum Gasteiger partial charge on any atom is -0.343 e. The number of hydrogen-bond acceptors (Lipinski definition) is 5. The molecule has 132 valence electrons. The molecule has 7 heteroatoms. The standard InChI is InChI=1S/C16H28N4O2.ClH/c1-3-11-20(12-4-2)14(21)8-7-13-18-15(19-22-13)16(17)9-5-6-10-16;/h3-12,17H2,1-2H3;1H. The summed E-state index contributed by atoms with van der Waals surface area (Å²) in [5, 5.41) is 4.03. The summed E-state index contributed by atoms with van der Waals surface area (Å²) in [6.07, 6.45) is 6.91. The van der Waals surface area contributed by atoms with E-state index in [1.807, 2.05) is 4.90 Å². The highest BCUT2D eigenvalue weighted by molar-refractivity contribution is 5.85. The largest absolute Gasteiger partial charge is 0.343 e. The van der Waals surface area contributed by atoms with E-state index in [2.05, 4.69) is 24.0 Å². The van der Waals surface area contributed by atoms with Gasteiger partial charge in [-0.1, -0.05) is 31.8 Å². The van der Waals surface area contributed by atoms with Gasteiger partial charge in [0.15, 0.2) is 5.82 Å². The van der Waals surface area contributed by atoms with Crippen LogP contribution in [0.1, 0.15) is 70.5 Å². The molecule has 23 heavy (non-hydrogen) atoms. The highest BCUT2D eigenvalue weighted by atomic mass is 35.5. The van der Waals surface area contributed by atoms with Crippen molar-refractivity contribution in [3.05, 3.63) is 11.7 Å². The molecular weight excluding hydrogens is 316 g/mol. The van der Waals surface area contributed by atoms with E-state index >= 15 is 0 Å². The van der Waals surface area contributed by atoms with E-state index in [1.165, 1.54) is 0 Å². The lowest BCUT2D eigenvalue weighted by Crippen LogP contribution is -2.34. The molecule has 1 heterocycles. The lowest BCUT2D eigenvalue weighted by Gasteiger charge is -2.21. The minimum absolute atomic E-state index is 0. The van der Waals surface area contributed by atoms with Gasteiger partial charge in [0.2, 0.25) is 11.8 Å². The molecule has 0 atom stereocenters. The predicted octanol–water partition coefficient (Wildman–Crippen LogP) is 2.80. The highest BCUT2D eigenvalue weighted by Crippen LogP contribution is 2.34. The Morgan fingerprint density at radius 3 is 2.43 bits per heavy atom. The Morgan fingerprint density at radius 1 is 1.26 bits per heavy atom. The molecule has 1 fully saturated rings. The van der Waals surface area contributed by atoms with Crippen molar-refractivity contribution in [3.8, 4) is 0 Å². The van der Waals surface area contributed by atoms with Gasteiger partial charge in [0.05, 0.1) is 5.54 Å². The summed E-state index contributed by atoms with van der Waals surface area (Å²) in [6, 6.07) is 0. The van der Waals surface area contributed by atoms with Crippen LogP contribution in [0.25, 0.3) is 0 Å². The number of carbonyl (C=O) groups excluding carboxylic acids is 1. The molecule has 0 saturated heterocycles. The second-order valence-corrected chi connectivity index (χ2v) is 6.26. The molecule has 1 aliphatic rings. The molecule has 0 spiro atoms. The molecular formula is C16H29ClN4O2. The Kier molecular flexibility index (Phi) is 7.99. The normalized spacial score (nSPS) is 16.1. The maximum atomic E-state index is 12.2. The number of hydrogen-bond donors (Lipinski definition) is 1. The van der Waals surface area contributed by atoms with Gasteiger partial charge in [0.1, 0.15) is 0 Å². The number of aryl methyl sites for hydroxylation is 1. The Balaban J connectivity index is 0.00000264. The van der Waals surface area contributed by atoms with Crippen molar-refractivity contribution in [1.29, 1.82) is 0 Å². The van der Waals surface area contributed by atoms with E-state index in [0.717, 1.165) is 51.6 Å². The average molecular weight is 345 g/mol. The maximum absolute atomic E-state index is 12.2. The quantitative estimate of drug-likeness (QED) is 0.783. The predicted molar refractivity (Wildman–Crippen MR) is 91.4 cm³/mol. The summed E-state index contributed by atoms with van der Waals surface area (Å²) in [5.74, 6) is 1.28. The fraction of sp³-hybridized carbons (Fsp3) is 0.812. The summed E-state index contributed by atoms with van der Waals surface area (Å²) >= 11 is 0. The lowest BCUT2D eigenvalue weighted by molar-refractivity contribution is -0.131. The van der Waals surface area contributed by atoms with Crippen LogP contribution in [-0.4, -0.2) is 34.0 Å². The number of nitrogens with zero attached hydrogens (tertiary/aromatic N) is 3. The Morgan fingerprint density at radius 2 is 1.87 bits per heavy atom. The van der Waals surface area contributed by atoms with Gasteiger partial charge in [-0.2, -0.15) is 4.98 Å². The Hall–Kier alpha value is -1.14. The van der Waals surface area contributed by atoms with Crippen LogP contribution >= 0.6 is 12.4 Å². The maximum Gasteiger partial charge on any atom is 0.227 e. The van der Waals surface area contributed by atoms with Gasteiger partial charge in [0.25, 0.3) is 0 Å². The summed E-state index contributed by atoms with van der Waals surface area (Å²) in [5.41, 5.74) is 5.89. The molecule has 1 aliphatic carbocycles. The first-order chi connectivity index (χ1) is 10.6. The van der Waals surface area contributed by atoms with Crippen molar-refractivity contribution in [1.82, 2.24) is 15.0 Å². The molecule has 0 radical (unpaired) electrons. The van der Waals surface area contributed by atoms with Crippen LogP contribution in [-0.2, 0) is 16.8 Å². The van der Waals surface area contributed by atoms with Gasteiger partial charge >= 0.3 is 0 Å². The second-order valence-electron chi connectivity index (χ2n) is 6.26. The van der Waals surface area contributed by atoms with Crippen LogP contribution in [0.4, 0.5) is 0 Å². The molecule has 1 aromatic rings. The molecule has 6 nitrogen and oxygen atoms in total. The fourth-order valence-corrected chi connectivity index (χ4v) is 3.06. The molecule has 2 N–H and O–H groups in total. The van der Waals surface area contributed by atoms with Gasteiger partial charge in [-0.3, -0.25) is 4.79 Å². The van der Waals surface area contributed by atoms with E-state index in [-0.39, 0.29) is 18.3 Å². The fourth-order valence-electron chi connectivity index (χ4n) is 3.06. The van der Waals surface area contributed by atoms with Crippen molar-refractivity contribution in [2.45, 2.75) is 70.8 Å². The molecule has 1 saturated carbocycles. The number of rotatable bonds is 8. The van der Waals surface area contributed by atoms with Crippen LogP contribution in [0.3, 0.4) is 0 Å². The first kappa shape index (κ1) is 19.9. The second kappa shape index (κ2) is 9.23. The van der Waals surface area contributed by atoms with E-state index < -0.39 is 5.54 Å². The van der Waals surface area contributed by atoms with Crippen LogP contribution in [0, 0.1) is 0 Å². The van der Waals surface area contributed by atoms with Gasteiger partial charge < -0.3 is 15.2 Å². The molecule has 0 aromatic carbocycles. The van der Waals surface area contributed by atoms with Crippen LogP contribution in [0.15, 0.2) is 4.52 Å². The monoisotopic (exact) mass is 344 g/mol. The number of halogens is 1. The molecule has 2 rings (SSSR count). The van der Waals surface area contributed by atoms with E-state index in [0.29, 0.717) is 24.6 Å². The first-order valence-corrected chi connectivity index (χ1v) is 8.48. The number of aromatic nitrogens is 2. The van der Waals surface area contributed by atoms with Crippen LogP contribution < -0.4 is 5.73 Å². The van der Waals surface area contributed by atoms with Crippen LogP contribution in [0.5, 0.6) is 0 Å². The highest BCUT2D eigenvalue weighted by Gasteiger charge is 2.35. The zero-order valence-electron chi connectivity index (χ0n) is 14.2. The zero-order valence-corrected chi connectivity index (χ0v) is 15.0. The first-order valence-electron chi connectivity index (χ1n) is 8.48. The molecule has 0 unspecified atom stereocenters. The van der Waals surface area contributed by atoms with Crippen LogP contribution in [0.2, 0.25) is 0 Å². The number of amides is 1. The van der Waals surface area contributed by atoms with Crippen molar-refractivity contribution in [3.63, 3.8) is 0 Å². The Labute approximate surface area is 144 Å². The molecule has 1 amide bonds. The topological polar surface area (TPSA) is 85.2 Å². The molecule has 0 bridgehead atoms. The summed E-state index contributed by atoms with van der Waals surface area (Å²) < 4.78 is 5.28. The van der Waals surface area contributed by atoms with E-state index in [1.54, 1.807) is 0 Å². The third-order valence-corrected chi connectivity index (χ3v) is 4.30. The van der Waals surface area contributed by atoms with Crippen molar-refractivity contribution < 1.29 is 9.32 Å². The average Bonchev–Trinajstić information content (AvgIpc) is 3.14. The van der Waals surface area contributed by atoms with Crippen molar-refractivity contribution in [2.24, 2.45) is 5.73 Å². The lowest BCUT2D eigenvalue weighted by atomic mass is 9.99. The Bertz CT molecular complexity index is 480. The number of carbonyl (C=O) groups is 1. The van der Waals surface area contributed by atoms with Gasteiger partial charge in [-0.25, -0.2) is 0 Å². The van der Waals surface area contributed by atoms with Crippen molar-refractivity contribution >= 4 is 18.3 Å². The third-order valence-electron chi connectivity index (χ3n) is 4.30. The van der Waals surface area contributed by atoms with E-state index in [4.69, 9.17) is 10.3 Å².